The molecule has 2 aromatic rings. The highest BCUT2D eigenvalue weighted by Crippen LogP contribution is 2.30. The molecule has 2 aliphatic heterocycles. The molecule has 1 atom stereocenters. The average molecular weight is 397 g/mol. The molecule has 1 N–H and O–H groups in total. The summed E-state index contributed by atoms with van der Waals surface area (Å²) in [5.74, 6) is 0.336. The largest absolute Gasteiger partial charge is 0.459 e. The number of nitrogens with zero attached hydrogens (tertiary/aromatic N) is 2. The van der Waals surface area contributed by atoms with Crippen LogP contribution >= 0.6 is 0 Å². The van der Waals surface area contributed by atoms with Gasteiger partial charge in [-0.15, -0.1) is 0 Å². The summed E-state index contributed by atoms with van der Waals surface area (Å²) in [6.45, 7) is 4.48. The molecule has 2 saturated heterocycles. The predicted molar refractivity (Wildman–Crippen MR) is 107 cm³/mol. The van der Waals surface area contributed by atoms with Gasteiger partial charge < -0.3 is 19.4 Å². The first-order valence-corrected chi connectivity index (χ1v) is 10.3. The van der Waals surface area contributed by atoms with E-state index < -0.39 is 0 Å². The van der Waals surface area contributed by atoms with Gasteiger partial charge in [-0.05, 0) is 56.9 Å². The number of hydrogen-bond donors (Lipinski definition) is 1. The number of aryl methyl sites for hydroxylation is 1. The second-order valence-electron chi connectivity index (χ2n) is 7.77. The summed E-state index contributed by atoms with van der Waals surface area (Å²) in [6.07, 6.45) is 5.20. The number of likely N-dealkylation sites (tertiary alicyclic amines) is 1. The van der Waals surface area contributed by atoms with E-state index in [-0.39, 0.29) is 23.8 Å². The molecule has 7 nitrogen and oxygen atoms in total. The van der Waals surface area contributed by atoms with Crippen molar-refractivity contribution in [3.63, 3.8) is 0 Å². The van der Waals surface area contributed by atoms with Crippen molar-refractivity contribution >= 4 is 11.8 Å². The summed E-state index contributed by atoms with van der Waals surface area (Å²) in [6, 6.07) is 7.15. The van der Waals surface area contributed by atoms with E-state index in [0.29, 0.717) is 31.0 Å². The van der Waals surface area contributed by atoms with Crippen LogP contribution in [0.25, 0.3) is 0 Å². The second-order valence-corrected chi connectivity index (χ2v) is 7.77. The molecule has 2 aliphatic rings. The minimum absolute atomic E-state index is 0.0832. The van der Waals surface area contributed by atoms with E-state index in [1.54, 1.807) is 12.1 Å². The molecule has 29 heavy (non-hydrogen) atoms. The highest BCUT2D eigenvalue weighted by molar-refractivity contribution is 5.95. The second kappa shape index (κ2) is 8.78. The van der Waals surface area contributed by atoms with Gasteiger partial charge in [0.05, 0.1) is 23.6 Å². The third kappa shape index (κ3) is 4.50. The average Bonchev–Trinajstić information content (AvgIpc) is 3.46. The lowest BCUT2D eigenvalue weighted by atomic mass is 9.89. The van der Waals surface area contributed by atoms with E-state index in [1.165, 1.54) is 6.26 Å². The van der Waals surface area contributed by atoms with E-state index in [9.17, 15) is 9.59 Å². The molecule has 0 bridgehead atoms. The number of nitrogens with one attached hydrogen (secondary N) is 1. The zero-order valence-electron chi connectivity index (χ0n) is 16.7. The van der Waals surface area contributed by atoms with Crippen LogP contribution in [0.1, 0.15) is 63.9 Å². The Bertz CT molecular complexity index is 851. The lowest BCUT2D eigenvalue weighted by Gasteiger charge is -2.32. The van der Waals surface area contributed by atoms with Gasteiger partial charge in [-0.3, -0.25) is 14.6 Å². The van der Waals surface area contributed by atoms with Gasteiger partial charge in [0.1, 0.15) is 0 Å². The van der Waals surface area contributed by atoms with E-state index >= 15 is 0 Å². The van der Waals surface area contributed by atoms with Crippen molar-refractivity contribution in [1.29, 1.82) is 0 Å². The van der Waals surface area contributed by atoms with Crippen molar-refractivity contribution in [3.05, 3.63) is 53.2 Å². The first-order chi connectivity index (χ1) is 14.1. The minimum Gasteiger partial charge on any atom is -0.459 e. The molecule has 2 amide bonds. The molecule has 2 aromatic heterocycles. The monoisotopic (exact) mass is 397 g/mol. The maximum Gasteiger partial charge on any atom is 0.289 e. The van der Waals surface area contributed by atoms with Crippen LogP contribution < -0.4 is 5.32 Å². The van der Waals surface area contributed by atoms with Crippen LogP contribution in [0.15, 0.2) is 34.9 Å². The zero-order chi connectivity index (χ0) is 20.2. The number of amides is 2. The molecule has 154 valence electrons. The number of furan rings is 1. The van der Waals surface area contributed by atoms with E-state index in [2.05, 4.69) is 5.32 Å². The van der Waals surface area contributed by atoms with E-state index in [0.717, 1.165) is 43.7 Å². The fourth-order valence-electron chi connectivity index (χ4n) is 4.10. The Kier molecular flexibility index (Phi) is 5.94. The predicted octanol–water partition coefficient (Wildman–Crippen LogP) is 2.91. The highest BCUT2D eigenvalue weighted by Gasteiger charge is 2.29. The van der Waals surface area contributed by atoms with Gasteiger partial charge in [-0.25, -0.2) is 0 Å². The lowest BCUT2D eigenvalue weighted by molar-refractivity contribution is 0.0678. The fraction of sp³-hybridized carbons (Fsp3) is 0.500. The molecule has 0 aromatic carbocycles. The molecule has 0 spiro atoms. The third-order valence-electron chi connectivity index (χ3n) is 5.72. The van der Waals surface area contributed by atoms with Crippen molar-refractivity contribution in [3.8, 4) is 0 Å². The Morgan fingerprint density at radius 3 is 2.72 bits per heavy atom. The standard InChI is InChI=1S/C22H27N3O4/c1-15-6-7-18(21(26)23-14-17-4-2-12-28-17)20(24-15)16-8-10-25(11-9-16)22(27)19-5-3-13-29-19/h3,5-7,13,16-17H,2,4,8-12,14H2,1H3,(H,23,26). The van der Waals surface area contributed by atoms with Gasteiger partial charge >= 0.3 is 0 Å². The van der Waals surface area contributed by atoms with Crippen molar-refractivity contribution < 1.29 is 18.7 Å². The van der Waals surface area contributed by atoms with Gasteiger partial charge in [0, 0.05) is 37.9 Å². The first kappa shape index (κ1) is 19.6. The smallest absolute Gasteiger partial charge is 0.289 e. The molecule has 4 heterocycles. The van der Waals surface area contributed by atoms with Crippen LogP contribution in [-0.4, -0.2) is 54.0 Å². The Labute approximate surface area is 170 Å². The van der Waals surface area contributed by atoms with Gasteiger partial charge in [0.2, 0.25) is 0 Å². The first-order valence-electron chi connectivity index (χ1n) is 10.3. The molecule has 0 saturated carbocycles. The Morgan fingerprint density at radius 1 is 1.21 bits per heavy atom. The SMILES string of the molecule is Cc1ccc(C(=O)NCC2CCCO2)c(C2CCN(C(=O)c3ccco3)CC2)n1. The normalized spacial score (nSPS) is 20.0. The maximum absolute atomic E-state index is 12.8. The van der Waals surface area contributed by atoms with Crippen molar-refractivity contribution in [2.75, 3.05) is 26.2 Å². The highest BCUT2D eigenvalue weighted by atomic mass is 16.5. The van der Waals surface area contributed by atoms with Crippen LogP contribution in [0, 0.1) is 6.92 Å². The van der Waals surface area contributed by atoms with Crippen molar-refractivity contribution in [2.24, 2.45) is 0 Å². The van der Waals surface area contributed by atoms with Crippen LogP contribution in [0.3, 0.4) is 0 Å². The van der Waals surface area contributed by atoms with Crippen molar-refractivity contribution in [1.82, 2.24) is 15.2 Å². The number of piperidine rings is 1. The molecule has 2 fully saturated rings. The van der Waals surface area contributed by atoms with Crippen LogP contribution in [-0.2, 0) is 4.74 Å². The van der Waals surface area contributed by atoms with E-state index in [4.69, 9.17) is 14.1 Å². The fourth-order valence-corrected chi connectivity index (χ4v) is 4.10. The van der Waals surface area contributed by atoms with E-state index in [1.807, 2.05) is 24.0 Å². The van der Waals surface area contributed by atoms with Gasteiger partial charge in [-0.1, -0.05) is 0 Å². The summed E-state index contributed by atoms with van der Waals surface area (Å²) >= 11 is 0. The number of pyridine rings is 1. The topological polar surface area (TPSA) is 84.7 Å². The number of aromatic nitrogens is 1. The lowest BCUT2D eigenvalue weighted by Crippen LogP contribution is -2.38. The minimum atomic E-state index is -0.0999. The van der Waals surface area contributed by atoms with Gasteiger partial charge in [0.25, 0.3) is 11.8 Å². The number of hydrogen-bond acceptors (Lipinski definition) is 5. The van der Waals surface area contributed by atoms with Gasteiger partial charge in [-0.2, -0.15) is 0 Å². The van der Waals surface area contributed by atoms with Crippen LogP contribution in [0.4, 0.5) is 0 Å². The third-order valence-corrected chi connectivity index (χ3v) is 5.72. The molecule has 4 rings (SSSR count). The molecule has 0 aliphatic carbocycles. The summed E-state index contributed by atoms with van der Waals surface area (Å²) in [7, 11) is 0. The Hall–Kier alpha value is -2.67. The van der Waals surface area contributed by atoms with Crippen LogP contribution in [0.2, 0.25) is 0 Å². The number of carbonyl (C=O) groups excluding carboxylic acids is 2. The molecule has 0 radical (unpaired) electrons. The van der Waals surface area contributed by atoms with Crippen LogP contribution in [0.5, 0.6) is 0 Å². The summed E-state index contributed by atoms with van der Waals surface area (Å²) in [5.41, 5.74) is 2.36. The van der Waals surface area contributed by atoms with Gasteiger partial charge in [0.15, 0.2) is 5.76 Å². The Balaban J connectivity index is 1.42. The quantitative estimate of drug-likeness (QED) is 0.839. The number of ether oxygens (including phenoxy) is 1. The number of rotatable bonds is 5. The Morgan fingerprint density at radius 2 is 2.03 bits per heavy atom. The van der Waals surface area contributed by atoms with Crippen molar-refractivity contribution in [2.45, 2.75) is 44.6 Å². The number of carbonyl (C=O) groups is 2. The molecular formula is C22H27N3O4. The molecule has 1 unspecified atom stereocenters. The maximum atomic E-state index is 12.8. The molecular weight excluding hydrogens is 370 g/mol. The molecule has 7 heteroatoms. The summed E-state index contributed by atoms with van der Waals surface area (Å²) < 4.78 is 10.8. The summed E-state index contributed by atoms with van der Waals surface area (Å²) in [4.78, 5) is 31.8. The zero-order valence-corrected chi connectivity index (χ0v) is 16.7. The summed E-state index contributed by atoms with van der Waals surface area (Å²) in [5, 5.41) is 3.00.